The molecule has 0 aromatic carbocycles. The van der Waals surface area contributed by atoms with E-state index in [1.807, 2.05) is 25.1 Å². The standard InChI is InChI=1S/C22H30N6O2/c1-4-30-19-7-5-6-16(26-19)10-11-24-21-25-14-15(13-23)20(28-21)27-17-8-9-18(29)22(2,3)12-17/h5-7,14,17-18,29H,4,8-12H2,1-3H3,(H2,24,25,27,28)/t17-,18+/m1/s1. The van der Waals surface area contributed by atoms with Gasteiger partial charge in [-0.2, -0.15) is 10.2 Å². The fourth-order valence-electron chi connectivity index (χ4n) is 3.73. The van der Waals surface area contributed by atoms with Crippen LogP contribution in [0.25, 0.3) is 0 Å². The van der Waals surface area contributed by atoms with E-state index in [9.17, 15) is 10.4 Å². The summed E-state index contributed by atoms with van der Waals surface area (Å²) in [5.74, 6) is 1.62. The van der Waals surface area contributed by atoms with E-state index in [1.54, 1.807) is 0 Å². The second-order valence-corrected chi connectivity index (χ2v) is 8.27. The number of pyridine rings is 1. The Bertz CT molecular complexity index is 895. The normalized spacial score (nSPS) is 20.2. The zero-order valence-corrected chi connectivity index (χ0v) is 17.9. The molecule has 1 saturated carbocycles. The Labute approximate surface area is 177 Å². The minimum absolute atomic E-state index is 0.156. The van der Waals surface area contributed by atoms with Crippen LogP contribution in [0.4, 0.5) is 11.8 Å². The summed E-state index contributed by atoms with van der Waals surface area (Å²) in [6, 6.07) is 8.03. The average Bonchev–Trinajstić information content (AvgIpc) is 2.71. The number of nitrogens with zero attached hydrogens (tertiary/aromatic N) is 4. The topological polar surface area (TPSA) is 116 Å². The van der Waals surface area contributed by atoms with Crippen molar-refractivity contribution in [3.05, 3.63) is 35.7 Å². The van der Waals surface area contributed by atoms with Gasteiger partial charge in [-0.1, -0.05) is 19.9 Å². The first-order valence-corrected chi connectivity index (χ1v) is 10.5. The smallest absolute Gasteiger partial charge is 0.224 e. The first-order valence-electron chi connectivity index (χ1n) is 10.5. The maximum absolute atomic E-state index is 10.2. The monoisotopic (exact) mass is 410 g/mol. The second-order valence-electron chi connectivity index (χ2n) is 8.27. The van der Waals surface area contributed by atoms with Crippen LogP contribution >= 0.6 is 0 Å². The summed E-state index contributed by atoms with van der Waals surface area (Å²) < 4.78 is 5.44. The van der Waals surface area contributed by atoms with E-state index in [0.29, 0.717) is 42.8 Å². The van der Waals surface area contributed by atoms with Gasteiger partial charge in [0.25, 0.3) is 0 Å². The van der Waals surface area contributed by atoms with Crippen molar-refractivity contribution in [1.82, 2.24) is 15.0 Å². The van der Waals surface area contributed by atoms with Gasteiger partial charge in [0.15, 0.2) is 0 Å². The van der Waals surface area contributed by atoms with Crippen LogP contribution < -0.4 is 15.4 Å². The fourth-order valence-corrected chi connectivity index (χ4v) is 3.73. The van der Waals surface area contributed by atoms with Crippen molar-refractivity contribution in [2.24, 2.45) is 5.41 Å². The van der Waals surface area contributed by atoms with Crippen molar-refractivity contribution in [3.8, 4) is 11.9 Å². The van der Waals surface area contributed by atoms with Gasteiger partial charge in [0.2, 0.25) is 11.8 Å². The molecule has 2 heterocycles. The molecule has 2 aromatic rings. The summed E-state index contributed by atoms with van der Waals surface area (Å²) in [4.78, 5) is 13.2. The fraction of sp³-hybridized carbons (Fsp3) is 0.545. The molecule has 3 rings (SSSR count). The molecule has 8 nitrogen and oxygen atoms in total. The molecule has 0 amide bonds. The lowest BCUT2D eigenvalue weighted by Crippen LogP contribution is -2.41. The van der Waals surface area contributed by atoms with Crippen molar-refractivity contribution < 1.29 is 9.84 Å². The molecule has 1 aliphatic rings. The Morgan fingerprint density at radius 1 is 1.30 bits per heavy atom. The van der Waals surface area contributed by atoms with Crippen LogP contribution in [0.3, 0.4) is 0 Å². The highest BCUT2D eigenvalue weighted by atomic mass is 16.5. The Balaban J connectivity index is 1.62. The van der Waals surface area contributed by atoms with E-state index < -0.39 is 0 Å². The summed E-state index contributed by atoms with van der Waals surface area (Å²) in [5.41, 5.74) is 1.17. The van der Waals surface area contributed by atoms with E-state index in [0.717, 1.165) is 25.0 Å². The number of hydrogen-bond donors (Lipinski definition) is 3. The third kappa shape index (κ3) is 5.57. The van der Waals surface area contributed by atoms with E-state index >= 15 is 0 Å². The highest BCUT2D eigenvalue weighted by Crippen LogP contribution is 2.36. The number of rotatable bonds is 8. The Morgan fingerprint density at radius 2 is 2.13 bits per heavy atom. The molecule has 0 spiro atoms. The molecule has 30 heavy (non-hydrogen) atoms. The molecule has 160 valence electrons. The minimum atomic E-state index is -0.302. The number of aromatic nitrogens is 3. The number of hydrogen-bond acceptors (Lipinski definition) is 8. The Kier molecular flexibility index (Phi) is 7.06. The predicted molar refractivity (Wildman–Crippen MR) is 115 cm³/mol. The van der Waals surface area contributed by atoms with Gasteiger partial charge in [-0.3, -0.25) is 0 Å². The van der Waals surface area contributed by atoms with Gasteiger partial charge in [-0.15, -0.1) is 0 Å². The zero-order valence-electron chi connectivity index (χ0n) is 17.9. The van der Waals surface area contributed by atoms with E-state index in [2.05, 4.69) is 45.5 Å². The lowest BCUT2D eigenvalue weighted by atomic mass is 9.73. The van der Waals surface area contributed by atoms with Gasteiger partial charge >= 0.3 is 0 Å². The first kappa shape index (κ1) is 21.8. The second kappa shape index (κ2) is 9.72. The number of anilines is 2. The van der Waals surface area contributed by atoms with Crippen molar-refractivity contribution in [1.29, 1.82) is 5.26 Å². The molecule has 2 aromatic heterocycles. The molecule has 3 N–H and O–H groups in total. The average molecular weight is 411 g/mol. The van der Waals surface area contributed by atoms with Crippen LogP contribution in [0.15, 0.2) is 24.4 Å². The summed E-state index contributed by atoms with van der Waals surface area (Å²) >= 11 is 0. The summed E-state index contributed by atoms with van der Waals surface area (Å²) in [6.45, 7) is 7.26. The highest BCUT2D eigenvalue weighted by molar-refractivity contribution is 5.54. The van der Waals surface area contributed by atoms with Gasteiger partial charge in [0.1, 0.15) is 17.5 Å². The molecule has 2 atom stereocenters. The van der Waals surface area contributed by atoms with E-state index in [1.165, 1.54) is 6.20 Å². The molecule has 0 unspecified atom stereocenters. The summed E-state index contributed by atoms with van der Waals surface area (Å²) in [5, 5.41) is 26.2. The molecule has 8 heteroatoms. The molecule has 0 radical (unpaired) electrons. The molecule has 0 bridgehead atoms. The lowest BCUT2D eigenvalue weighted by molar-refractivity contribution is 0.00926. The third-order valence-electron chi connectivity index (χ3n) is 5.45. The molecule has 0 saturated heterocycles. The van der Waals surface area contributed by atoms with Crippen LogP contribution in [0.2, 0.25) is 0 Å². The third-order valence-corrected chi connectivity index (χ3v) is 5.45. The zero-order chi connectivity index (χ0) is 21.6. The van der Waals surface area contributed by atoms with Crippen LogP contribution in [-0.4, -0.2) is 45.4 Å². The number of aliphatic hydroxyl groups is 1. The summed E-state index contributed by atoms with van der Waals surface area (Å²) in [7, 11) is 0. The Morgan fingerprint density at radius 3 is 2.87 bits per heavy atom. The minimum Gasteiger partial charge on any atom is -0.478 e. The molecular formula is C22H30N6O2. The molecule has 0 aliphatic heterocycles. The molecule has 1 aliphatic carbocycles. The largest absolute Gasteiger partial charge is 0.478 e. The maximum Gasteiger partial charge on any atom is 0.224 e. The van der Waals surface area contributed by atoms with Gasteiger partial charge in [-0.05, 0) is 37.7 Å². The first-order chi connectivity index (χ1) is 14.4. The number of aliphatic hydroxyl groups excluding tert-OH is 1. The number of nitriles is 1. The van der Waals surface area contributed by atoms with Crippen molar-refractivity contribution >= 4 is 11.8 Å². The predicted octanol–water partition coefficient (Wildman–Crippen LogP) is 3.15. The van der Waals surface area contributed by atoms with E-state index in [-0.39, 0.29) is 17.6 Å². The maximum atomic E-state index is 10.2. The molecular weight excluding hydrogens is 380 g/mol. The SMILES string of the molecule is CCOc1cccc(CCNc2ncc(C#N)c(N[C@@H]3CC[C@H](O)C(C)(C)C3)n2)n1. The number of nitrogens with one attached hydrogen (secondary N) is 2. The van der Waals surface area contributed by atoms with Gasteiger partial charge in [-0.25, -0.2) is 9.97 Å². The van der Waals surface area contributed by atoms with Gasteiger partial charge < -0.3 is 20.5 Å². The van der Waals surface area contributed by atoms with Crippen LogP contribution in [0.5, 0.6) is 5.88 Å². The van der Waals surface area contributed by atoms with Crippen molar-refractivity contribution in [2.75, 3.05) is 23.8 Å². The Hall–Kier alpha value is -2.92. The van der Waals surface area contributed by atoms with Crippen LogP contribution in [-0.2, 0) is 6.42 Å². The van der Waals surface area contributed by atoms with Crippen molar-refractivity contribution in [3.63, 3.8) is 0 Å². The van der Waals surface area contributed by atoms with Crippen LogP contribution in [0.1, 0.15) is 51.3 Å². The van der Waals surface area contributed by atoms with Gasteiger partial charge in [0, 0.05) is 30.8 Å². The van der Waals surface area contributed by atoms with Crippen molar-refractivity contribution in [2.45, 2.75) is 58.6 Å². The number of ether oxygens (including phenoxy) is 1. The summed E-state index contributed by atoms with van der Waals surface area (Å²) in [6.07, 6.45) is 4.31. The highest BCUT2D eigenvalue weighted by Gasteiger charge is 2.35. The molecule has 1 fully saturated rings. The quantitative estimate of drug-likeness (QED) is 0.608. The van der Waals surface area contributed by atoms with Crippen LogP contribution in [0, 0.1) is 16.7 Å². The van der Waals surface area contributed by atoms with E-state index in [4.69, 9.17) is 4.74 Å². The lowest BCUT2D eigenvalue weighted by Gasteiger charge is -2.40. The van der Waals surface area contributed by atoms with Gasteiger partial charge in [0.05, 0.1) is 18.9 Å².